The van der Waals surface area contributed by atoms with E-state index in [0.29, 0.717) is 11.8 Å². The minimum Gasteiger partial charge on any atom is -0.380 e. The molecule has 1 aromatic carbocycles. The summed E-state index contributed by atoms with van der Waals surface area (Å²) in [5, 5.41) is 3.42. The van der Waals surface area contributed by atoms with Gasteiger partial charge in [-0.1, -0.05) is 44.2 Å². The fourth-order valence-corrected chi connectivity index (χ4v) is 2.94. The number of guanidine groups is 1. The average Bonchev–Trinajstić information content (AvgIpc) is 3.04. The number of rotatable bonds is 7. The van der Waals surface area contributed by atoms with E-state index in [9.17, 15) is 0 Å². The highest BCUT2D eigenvalue weighted by Gasteiger charge is 2.25. The summed E-state index contributed by atoms with van der Waals surface area (Å²) >= 11 is 0. The minimum absolute atomic E-state index is 0.608. The summed E-state index contributed by atoms with van der Waals surface area (Å²) in [5.74, 6) is 2.31. The molecule has 1 fully saturated rings. The lowest BCUT2D eigenvalue weighted by molar-refractivity contribution is 0.127. The molecule has 0 saturated carbocycles. The lowest BCUT2D eigenvalue weighted by Crippen LogP contribution is -2.41. The van der Waals surface area contributed by atoms with E-state index in [2.05, 4.69) is 59.4 Å². The molecule has 23 heavy (non-hydrogen) atoms. The molecule has 0 aromatic heterocycles. The first-order valence-electron chi connectivity index (χ1n) is 8.79. The molecule has 0 amide bonds. The summed E-state index contributed by atoms with van der Waals surface area (Å²) in [7, 11) is 1.86. The first kappa shape index (κ1) is 17.8. The fraction of sp³-hybridized carbons (Fsp3) is 0.632. The second-order valence-electron chi connectivity index (χ2n) is 6.61. The molecule has 1 aromatic rings. The van der Waals surface area contributed by atoms with Crippen molar-refractivity contribution in [3.05, 3.63) is 35.9 Å². The van der Waals surface area contributed by atoms with Crippen molar-refractivity contribution in [1.29, 1.82) is 0 Å². The predicted octanol–water partition coefficient (Wildman–Crippen LogP) is 3.11. The monoisotopic (exact) mass is 317 g/mol. The third-order valence-electron chi connectivity index (χ3n) is 4.34. The van der Waals surface area contributed by atoms with E-state index in [1.807, 2.05) is 7.05 Å². The number of benzene rings is 1. The van der Waals surface area contributed by atoms with Crippen molar-refractivity contribution in [3.63, 3.8) is 0 Å². The summed E-state index contributed by atoms with van der Waals surface area (Å²) in [5.41, 5.74) is 1.43. The van der Waals surface area contributed by atoms with Crippen LogP contribution in [0.15, 0.2) is 35.3 Å². The molecule has 1 aliphatic rings. The highest BCUT2D eigenvalue weighted by Crippen LogP contribution is 2.26. The van der Waals surface area contributed by atoms with Crippen LogP contribution in [-0.4, -0.2) is 50.8 Å². The number of nitrogens with zero attached hydrogens (tertiary/aromatic N) is 2. The van der Waals surface area contributed by atoms with Gasteiger partial charge in [0.15, 0.2) is 5.96 Å². The Kier molecular flexibility index (Phi) is 7.40. The van der Waals surface area contributed by atoms with Gasteiger partial charge in [-0.15, -0.1) is 0 Å². The van der Waals surface area contributed by atoms with Gasteiger partial charge in [0.05, 0.1) is 6.61 Å². The Balaban J connectivity index is 1.70. The Morgan fingerprint density at radius 2 is 2.09 bits per heavy atom. The van der Waals surface area contributed by atoms with Gasteiger partial charge < -0.3 is 15.0 Å². The molecule has 1 atom stereocenters. The first-order chi connectivity index (χ1) is 11.2. The number of nitrogens with one attached hydrogen (secondary N) is 1. The van der Waals surface area contributed by atoms with Crippen molar-refractivity contribution in [2.24, 2.45) is 10.9 Å². The van der Waals surface area contributed by atoms with Crippen LogP contribution in [-0.2, 0) is 4.74 Å². The molecule has 0 spiro atoms. The van der Waals surface area contributed by atoms with Crippen molar-refractivity contribution >= 4 is 5.96 Å². The van der Waals surface area contributed by atoms with Crippen molar-refractivity contribution in [1.82, 2.24) is 10.2 Å². The van der Waals surface area contributed by atoms with Crippen molar-refractivity contribution in [2.75, 3.05) is 39.9 Å². The third-order valence-corrected chi connectivity index (χ3v) is 4.34. The summed E-state index contributed by atoms with van der Waals surface area (Å²) < 4.78 is 5.66. The molecule has 0 aliphatic carbocycles. The second-order valence-corrected chi connectivity index (χ2v) is 6.61. The Hall–Kier alpha value is -1.55. The van der Waals surface area contributed by atoms with Crippen LogP contribution in [0.2, 0.25) is 0 Å². The molecule has 0 bridgehead atoms. The number of likely N-dealkylation sites (tertiary alicyclic amines) is 1. The van der Waals surface area contributed by atoms with Crippen LogP contribution in [0.1, 0.15) is 38.2 Å². The highest BCUT2D eigenvalue weighted by atomic mass is 16.5. The van der Waals surface area contributed by atoms with Gasteiger partial charge in [-0.2, -0.15) is 0 Å². The van der Waals surface area contributed by atoms with Crippen molar-refractivity contribution in [3.8, 4) is 0 Å². The van der Waals surface area contributed by atoms with E-state index in [1.165, 1.54) is 12.0 Å². The minimum atomic E-state index is 0.608. The van der Waals surface area contributed by atoms with Gasteiger partial charge in [0, 0.05) is 39.2 Å². The van der Waals surface area contributed by atoms with E-state index in [-0.39, 0.29) is 0 Å². The Morgan fingerprint density at radius 1 is 1.30 bits per heavy atom. The Bertz CT molecular complexity index is 473. The number of ether oxygens (including phenoxy) is 1. The zero-order valence-corrected chi connectivity index (χ0v) is 14.8. The van der Waals surface area contributed by atoms with Gasteiger partial charge in [0.1, 0.15) is 0 Å². The van der Waals surface area contributed by atoms with E-state index in [1.54, 1.807) is 0 Å². The van der Waals surface area contributed by atoms with Gasteiger partial charge in [0.2, 0.25) is 0 Å². The van der Waals surface area contributed by atoms with Gasteiger partial charge in [-0.3, -0.25) is 4.99 Å². The lowest BCUT2D eigenvalue weighted by Gasteiger charge is -2.22. The van der Waals surface area contributed by atoms with Crippen LogP contribution in [0, 0.1) is 5.92 Å². The quantitative estimate of drug-likeness (QED) is 0.477. The van der Waals surface area contributed by atoms with E-state index in [4.69, 9.17) is 4.74 Å². The van der Waals surface area contributed by atoms with E-state index >= 15 is 0 Å². The first-order valence-corrected chi connectivity index (χ1v) is 8.79. The second kappa shape index (κ2) is 9.56. The number of hydrogen-bond donors (Lipinski definition) is 1. The van der Waals surface area contributed by atoms with Crippen LogP contribution < -0.4 is 5.32 Å². The number of hydrogen-bond acceptors (Lipinski definition) is 2. The number of aliphatic imine (C=N–C) groups is 1. The predicted molar refractivity (Wildman–Crippen MR) is 97.0 cm³/mol. The van der Waals surface area contributed by atoms with Crippen molar-refractivity contribution in [2.45, 2.75) is 32.6 Å². The Morgan fingerprint density at radius 3 is 2.78 bits per heavy atom. The largest absolute Gasteiger partial charge is 0.380 e. The van der Waals surface area contributed by atoms with Crippen LogP contribution in [0.4, 0.5) is 0 Å². The van der Waals surface area contributed by atoms with Gasteiger partial charge in [-0.25, -0.2) is 0 Å². The standard InChI is InChI=1S/C19H31N3O/c1-16(2)10-13-23-14-11-21-19(20-3)22-12-9-18(15-22)17-7-5-4-6-8-17/h4-8,16,18H,9-15H2,1-3H3,(H,20,21). The molecule has 1 N–H and O–H groups in total. The van der Waals surface area contributed by atoms with Crippen LogP contribution >= 0.6 is 0 Å². The van der Waals surface area contributed by atoms with Gasteiger partial charge in [-0.05, 0) is 24.3 Å². The normalized spacial score (nSPS) is 18.7. The van der Waals surface area contributed by atoms with E-state index < -0.39 is 0 Å². The maximum Gasteiger partial charge on any atom is 0.193 e. The topological polar surface area (TPSA) is 36.9 Å². The zero-order chi connectivity index (χ0) is 16.5. The molecule has 0 radical (unpaired) electrons. The molecule has 1 heterocycles. The maximum absolute atomic E-state index is 5.66. The summed E-state index contributed by atoms with van der Waals surface area (Å²) in [6.45, 7) is 8.95. The molecule has 128 valence electrons. The van der Waals surface area contributed by atoms with E-state index in [0.717, 1.165) is 45.2 Å². The smallest absolute Gasteiger partial charge is 0.193 e. The molecule has 1 saturated heterocycles. The zero-order valence-electron chi connectivity index (χ0n) is 14.8. The molecule has 1 unspecified atom stereocenters. The van der Waals surface area contributed by atoms with Crippen molar-refractivity contribution < 1.29 is 4.74 Å². The molecule has 1 aliphatic heterocycles. The molecular formula is C19H31N3O. The van der Waals surface area contributed by atoms with Gasteiger partial charge >= 0.3 is 0 Å². The summed E-state index contributed by atoms with van der Waals surface area (Å²) in [6, 6.07) is 10.8. The summed E-state index contributed by atoms with van der Waals surface area (Å²) in [4.78, 5) is 6.77. The van der Waals surface area contributed by atoms with Gasteiger partial charge in [0.25, 0.3) is 0 Å². The molecular weight excluding hydrogens is 286 g/mol. The van der Waals surface area contributed by atoms with Crippen LogP contribution in [0.3, 0.4) is 0 Å². The molecule has 2 rings (SSSR count). The summed E-state index contributed by atoms with van der Waals surface area (Å²) in [6.07, 6.45) is 2.31. The fourth-order valence-electron chi connectivity index (χ4n) is 2.94. The molecule has 4 heteroatoms. The molecule has 4 nitrogen and oxygen atoms in total. The Labute approximate surface area is 140 Å². The average molecular weight is 317 g/mol. The van der Waals surface area contributed by atoms with Crippen LogP contribution in [0.5, 0.6) is 0 Å². The maximum atomic E-state index is 5.66. The highest BCUT2D eigenvalue weighted by molar-refractivity contribution is 5.80. The van der Waals surface area contributed by atoms with Crippen LogP contribution in [0.25, 0.3) is 0 Å². The SMILES string of the molecule is CN=C(NCCOCCC(C)C)N1CCC(c2ccccc2)C1. The third kappa shape index (κ3) is 5.87. The lowest BCUT2D eigenvalue weighted by atomic mass is 9.99.